The van der Waals surface area contributed by atoms with Crippen molar-refractivity contribution in [2.24, 2.45) is 10.9 Å². The minimum atomic E-state index is -0.171. The Morgan fingerprint density at radius 2 is 1.90 bits per heavy atom. The van der Waals surface area contributed by atoms with Gasteiger partial charge in [-0.15, -0.1) is 24.0 Å². The Labute approximate surface area is 191 Å². The molecule has 29 heavy (non-hydrogen) atoms. The van der Waals surface area contributed by atoms with E-state index in [1.54, 1.807) is 13.1 Å². The molecule has 1 unspecified atom stereocenters. The number of nitrogens with zero attached hydrogens (tertiary/aromatic N) is 2. The van der Waals surface area contributed by atoms with Gasteiger partial charge in [0, 0.05) is 51.4 Å². The van der Waals surface area contributed by atoms with Crippen molar-refractivity contribution < 1.29 is 13.9 Å². The summed E-state index contributed by atoms with van der Waals surface area (Å²) < 4.78 is 10.7. The monoisotopic (exact) mass is 521 g/mol. The van der Waals surface area contributed by atoms with Gasteiger partial charge in [0.1, 0.15) is 0 Å². The number of aliphatic imine (C=N–C) groups is 1. The van der Waals surface area contributed by atoms with Crippen LogP contribution in [0.2, 0.25) is 0 Å². The molecule has 1 saturated heterocycles. The summed E-state index contributed by atoms with van der Waals surface area (Å²) in [4.78, 5) is 18.8. The van der Waals surface area contributed by atoms with Gasteiger partial charge >= 0.3 is 0 Å². The zero-order valence-corrected chi connectivity index (χ0v) is 20.3. The minimum absolute atomic E-state index is 0. The van der Waals surface area contributed by atoms with Gasteiger partial charge in [-0.1, -0.05) is 13.8 Å². The largest absolute Gasteiger partial charge is 0.459 e. The van der Waals surface area contributed by atoms with Crippen LogP contribution in [-0.2, 0) is 4.74 Å². The first-order chi connectivity index (χ1) is 13.5. The summed E-state index contributed by atoms with van der Waals surface area (Å²) in [5.41, 5.74) is 0.847. The van der Waals surface area contributed by atoms with Crippen molar-refractivity contribution in [1.82, 2.24) is 20.9 Å². The predicted octanol–water partition coefficient (Wildman–Crippen LogP) is 1.85. The Morgan fingerprint density at radius 3 is 2.48 bits per heavy atom. The Balaban J connectivity index is 0.00000420. The van der Waals surface area contributed by atoms with Crippen LogP contribution in [0.15, 0.2) is 21.7 Å². The van der Waals surface area contributed by atoms with Crippen molar-refractivity contribution >= 4 is 35.8 Å². The molecule has 0 spiro atoms. The number of hydrogen-bond donors (Lipinski definition) is 3. The predicted molar refractivity (Wildman–Crippen MR) is 126 cm³/mol. The van der Waals surface area contributed by atoms with Crippen molar-refractivity contribution in [3.63, 3.8) is 0 Å². The number of carbonyl (C=O) groups excluding carboxylic acids is 1. The van der Waals surface area contributed by atoms with E-state index in [0.717, 1.165) is 57.3 Å². The van der Waals surface area contributed by atoms with Crippen LogP contribution in [0.4, 0.5) is 0 Å². The second-order valence-electron chi connectivity index (χ2n) is 7.38. The van der Waals surface area contributed by atoms with Gasteiger partial charge in [0.05, 0.1) is 19.5 Å². The van der Waals surface area contributed by atoms with E-state index in [-0.39, 0.29) is 29.9 Å². The molecule has 166 valence electrons. The summed E-state index contributed by atoms with van der Waals surface area (Å²) in [6, 6.07) is 2.23. The van der Waals surface area contributed by atoms with E-state index in [1.165, 1.54) is 6.26 Å². The lowest BCUT2D eigenvalue weighted by Crippen LogP contribution is -2.52. The van der Waals surface area contributed by atoms with E-state index in [0.29, 0.717) is 24.3 Å². The van der Waals surface area contributed by atoms with Crippen LogP contribution in [0.25, 0.3) is 0 Å². The molecule has 8 nitrogen and oxygen atoms in total. The number of furan rings is 1. The summed E-state index contributed by atoms with van der Waals surface area (Å²) >= 11 is 0. The molecule has 0 saturated carbocycles. The lowest BCUT2D eigenvalue weighted by Gasteiger charge is -2.37. The van der Waals surface area contributed by atoms with Crippen LogP contribution < -0.4 is 16.0 Å². The number of carbonyl (C=O) groups is 1. The Hall–Kier alpha value is -1.33. The number of halogens is 1. The highest BCUT2D eigenvalue weighted by molar-refractivity contribution is 14.0. The molecule has 0 aliphatic carbocycles. The Bertz CT molecular complexity index is 629. The highest BCUT2D eigenvalue weighted by atomic mass is 127. The van der Waals surface area contributed by atoms with Gasteiger partial charge in [-0.25, -0.2) is 0 Å². The second-order valence-corrected chi connectivity index (χ2v) is 7.38. The molecule has 3 N–H and O–H groups in total. The van der Waals surface area contributed by atoms with Crippen molar-refractivity contribution in [3.05, 3.63) is 23.7 Å². The first-order valence-electron chi connectivity index (χ1n) is 10.1. The van der Waals surface area contributed by atoms with Crippen LogP contribution in [0.3, 0.4) is 0 Å². The summed E-state index contributed by atoms with van der Waals surface area (Å²) in [7, 11) is 1.77. The van der Waals surface area contributed by atoms with Crippen molar-refractivity contribution in [3.8, 4) is 0 Å². The van der Waals surface area contributed by atoms with Gasteiger partial charge in [0.2, 0.25) is 0 Å². The zero-order valence-electron chi connectivity index (χ0n) is 18.0. The molecular formula is C20H36IN5O3. The molecule has 9 heteroatoms. The Kier molecular flexibility index (Phi) is 12.2. The van der Waals surface area contributed by atoms with Gasteiger partial charge in [-0.05, 0) is 25.3 Å². The molecule has 1 fully saturated rings. The van der Waals surface area contributed by atoms with Crippen LogP contribution in [-0.4, -0.2) is 75.8 Å². The fourth-order valence-electron chi connectivity index (χ4n) is 3.30. The van der Waals surface area contributed by atoms with Crippen molar-refractivity contribution in [2.45, 2.75) is 33.2 Å². The number of guanidine groups is 1. The van der Waals surface area contributed by atoms with Gasteiger partial charge in [0.25, 0.3) is 5.91 Å². The average molecular weight is 521 g/mol. The van der Waals surface area contributed by atoms with E-state index in [2.05, 4.69) is 39.7 Å². The quantitative estimate of drug-likeness (QED) is 0.199. The summed E-state index contributed by atoms with van der Waals surface area (Å²) in [6.07, 6.45) is 2.33. The number of morpholine rings is 1. The normalized spacial score (nSPS) is 16.2. The third-order valence-electron chi connectivity index (χ3n) is 4.99. The molecule has 1 aliphatic rings. The smallest absolute Gasteiger partial charge is 0.287 e. The van der Waals surface area contributed by atoms with Gasteiger partial charge in [-0.2, -0.15) is 0 Å². The van der Waals surface area contributed by atoms with Crippen LogP contribution in [0.1, 0.15) is 36.4 Å². The van der Waals surface area contributed by atoms with Gasteiger partial charge < -0.3 is 25.1 Å². The standard InChI is InChI=1S/C20H35N5O3.HI/c1-15(2)17(25-9-12-27-13-10-25)14-24-20(21-4)23-8-5-7-22-19(26)18-16(3)6-11-28-18;/h6,11,15,17H,5,7-10,12-14H2,1-4H3,(H,22,26)(H2,21,23,24);1H. The molecule has 2 heterocycles. The zero-order chi connectivity index (χ0) is 20.4. The molecule has 1 aromatic heterocycles. The molecule has 1 aliphatic heterocycles. The molecule has 2 rings (SSSR count). The first-order valence-corrected chi connectivity index (χ1v) is 10.1. The molecule has 0 bridgehead atoms. The van der Waals surface area contributed by atoms with Crippen molar-refractivity contribution in [1.29, 1.82) is 0 Å². The highest BCUT2D eigenvalue weighted by Gasteiger charge is 2.23. The fraction of sp³-hybridized carbons (Fsp3) is 0.700. The van der Waals surface area contributed by atoms with E-state index in [1.807, 2.05) is 6.92 Å². The van der Waals surface area contributed by atoms with Crippen LogP contribution >= 0.6 is 24.0 Å². The summed E-state index contributed by atoms with van der Waals surface area (Å²) in [6.45, 7) is 12.1. The Morgan fingerprint density at radius 1 is 1.21 bits per heavy atom. The first kappa shape index (κ1) is 25.7. The maximum absolute atomic E-state index is 12.0. The minimum Gasteiger partial charge on any atom is -0.459 e. The van der Waals surface area contributed by atoms with E-state index in [4.69, 9.17) is 9.15 Å². The number of aryl methyl sites for hydroxylation is 1. The molecule has 0 aromatic carbocycles. The lowest BCUT2D eigenvalue weighted by molar-refractivity contribution is 0.00752. The highest BCUT2D eigenvalue weighted by Crippen LogP contribution is 2.12. The van der Waals surface area contributed by atoms with Gasteiger partial charge in [-0.3, -0.25) is 14.7 Å². The van der Waals surface area contributed by atoms with E-state index in [9.17, 15) is 4.79 Å². The molecule has 1 aromatic rings. The average Bonchev–Trinajstić information content (AvgIpc) is 3.12. The maximum Gasteiger partial charge on any atom is 0.287 e. The number of hydrogen-bond acceptors (Lipinski definition) is 5. The topological polar surface area (TPSA) is 91.1 Å². The summed E-state index contributed by atoms with van der Waals surface area (Å²) in [5.74, 6) is 1.54. The SMILES string of the molecule is CN=C(NCCCNC(=O)c1occc1C)NCC(C(C)C)N1CCOCC1.I. The third kappa shape index (κ3) is 8.51. The van der Waals surface area contributed by atoms with E-state index >= 15 is 0 Å². The molecule has 1 atom stereocenters. The number of nitrogens with one attached hydrogen (secondary N) is 3. The molecule has 0 radical (unpaired) electrons. The number of amides is 1. The van der Waals surface area contributed by atoms with Crippen molar-refractivity contribution in [2.75, 3.05) is 53.0 Å². The van der Waals surface area contributed by atoms with Gasteiger partial charge in [0.15, 0.2) is 11.7 Å². The fourth-order valence-corrected chi connectivity index (χ4v) is 3.30. The molecular weight excluding hydrogens is 485 g/mol. The van der Waals surface area contributed by atoms with Crippen LogP contribution in [0, 0.1) is 12.8 Å². The number of rotatable bonds is 9. The summed E-state index contributed by atoms with van der Waals surface area (Å²) in [5, 5.41) is 9.61. The van der Waals surface area contributed by atoms with Crippen LogP contribution in [0.5, 0.6) is 0 Å². The third-order valence-corrected chi connectivity index (χ3v) is 4.99. The number of ether oxygens (including phenoxy) is 1. The van der Waals surface area contributed by atoms with E-state index < -0.39 is 0 Å². The maximum atomic E-state index is 12.0. The molecule has 1 amide bonds. The lowest BCUT2D eigenvalue weighted by atomic mass is 10.0. The second kappa shape index (κ2) is 13.8.